The molecule has 0 aromatic carbocycles. The number of hydrogen-bond donors (Lipinski definition) is 1. The first-order valence-electron chi connectivity index (χ1n) is 9.64. The molecule has 0 bridgehead atoms. The van der Waals surface area contributed by atoms with Crippen LogP contribution in [0.25, 0.3) is 17.0 Å². The fraction of sp³-hybridized carbons (Fsp3) is 0.579. The Bertz CT molecular complexity index is 926. The fourth-order valence-corrected chi connectivity index (χ4v) is 3.46. The maximum atomic E-state index is 10.5. The predicted molar refractivity (Wildman–Crippen MR) is 100 cm³/mol. The summed E-state index contributed by atoms with van der Waals surface area (Å²) in [6.45, 7) is 8.27. The molecular weight excluding hydrogens is 344 g/mol. The predicted octanol–water partition coefficient (Wildman–Crippen LogP) is 2.59. The summed E-state index contributed by atoms with van der Waals surface area (Å²) < 4.78 is 9.25. The highest BCUT2D eigenvalue weighted by molar-refractivity contribution is 5.58. The molecule has 8 heteroatoms. The summed E-state index contributed by atoms with van der Waals surface area (Å²) in [6, 6.07) is 3.89. The van der Waals surface area contributed by atoms with Crippen molar-refractivity contribution in [3.05, 3.63) is 30.0 Å². The summed E-state index contributed by atoms with van der Waals surface area (Å²) in [5, 5.41) is 23.5. The number of hydrogen-bond acceptors (Lipinski definition) is 6. The van der Waals surface area contributed by atoms with E-state index in [4.69, 9.17) is 14.8 Å². The Kier molecular flexibility index (Phi) is 4.92. The molecule has 1 aliphatic rings. The highest BCUT2D eigenvalue weighted by atomic mass is 16.5. The number of nitrogens with zero attached hydrogens (tertiary/aromatic N) is 6. The van der Waals surface area contributed by atoms with Gasteiger partial charge in [-0.15, -0.1) is 10.2 Å². The third-order valence-corrected chi connectivity index (χ3v) is 5.16. The van der Waals surface area contributed by atoms with Crippen molar-refractivity contribution < 1.29 is 9.84 Å². The second-order valence-electron chi connectivity index (χ2n) is 7.39. The number of aliphatic hydroxyl groups is 1. The van der Waals surface area contributed by atoms with Crippen molar-refractivity contribution in [3.63, 3.8) is 0 Å². The van der Waals surface area contributed by atoms with Crippen molar-refractivity contribution in [1.82, 2.24) is 29.4 Å². The van der Waals surface area contributed by atoms with Crippen LogP contribution in [0.2, 0.25) is 0 Å². The van der Waals surface area contributed by atoms with Gasteiger partial charge in [-0.3, -0.25) is 4.40 Å². The molecule has 144 valence electrons. The van der Waals surface area contributed by atoms with Gasteiger partial charge in [-0.05, 0) is 37.8 Å². The Balaban J connectivity index is 1.75. The lowest BCUT2D eigenvalue weighted by molar-refractivity contribution is 0.0835. The Hall–Kier alpha value is -2.32. The van der Waals surface area contributed by atoms with Crippen molar-refractivity contribution in [2.75, 3.05) is 13.2 Å². The summed E-state index contributed by atoms with van der Waals surface area (Å²) in [7, 11) is 0. The van der Waals surface area contributed by atoms with E-state index in [0.717, 1.165) is 49.8 Å². The number of pyridine rings is 1. The van der Waals surface area contributed by atoms with Crippen LogP contribution in [-0.4, -0.2) is 47.7 Å². The molecule has 4 heterocycles. The third kappa shape index (κ3) is 3.35. The second kappa shape index (κ2) is 7.36. The molecular formula is C19H26N6O2. The first-order chi connectivity index (χ1) is 13.1. The molecule has 3 aromatic rings. The van der Waals surface area contributed by atoms with Gasteiger partial charge < -0.3 is 9.84 Å². The molecule has 0 saturated carbocycles. The quantitative estimate of drug-likeness (QED) is 0.742. The normalized spacial score (nSPS) is 17.1. The topological polar surface area (TPSA) is 90.4 Å². The summed E-state index contributed by atoms with van der Waals surface area (Å²) >= 11 is 0. The van der Waals surface area contributed by atoms with Crippen LogP contribution in [0.3, 0.4) is 0 Å². The average molecular weight is 370 g/mol. The van der Waals surface area contributed by atoms with Crippen molar-refractivity contribution in [3.8, 4) is 11.4 Å². The van der Waals surface area contributed by atoms with Crippen molar-refractivity contribution in [2.24, 2.45) is 5.92 Å². The molecule has 0 amide bonds. The SMILES string of the molecule is CCn1nc(C2CCOCC2)nc1-c1ccc2nnc(C(O)C(C)C)n2c1. The smallest absolute Gasteiger partial charge is 0.166 e. The van der Waals surface area contributed by atoms with Crippen molar-refractivity contribution >= 4 is 5.65 Å². The molecule has 27 heavy (non-hydrogen) atoms. The molecule has 3 aromatic heterocycles. The lowest BCUT2D eigenvalue weighted by Crippen LogP contribution is -2.15. The van der Waals surface area contributed by atoms with E-state index >= 15 is 0 Å². The molecule has 8 nitrogen and oxygen atoms in total. The third-order valence-electron chi connectivity index (χ3n) is 5.16. The minimum Gasteiger partial charge on any atom is -0.385 e. The number of aromatic nitrogens is 6. The summed E-state index contributed by atoms with van der Waals surface area (Å²) in [5.74, 6) is 2.68. The van der Waals surface area contributed by atoms with Crippen molar-refractivity contribution in [2.45, 2.75) is 52.2 Å². The molecule has 1 N–H and O–H groups in total. The molecule has 0 spiro atoms. The van der Waals surface area contributed by atoms with Gasteiger partial charge in [-0.2, -0.15) is 5.10 Å². The Morgan fingerprint density at radius 1 is 1.22 bits per heavy atom. The molecule has 1 fully saturated rings. The van der Waals surface area contributed by atoms with Gasteiger partial charge in [0.1, 0.15) is 6.10 Å². The minimum atomic E-state index is -0.669. The van der Waals surface area contributed by atoms with Gasteiger partial charge in [0.2, 0.25) is 0 Å². The molecule has 1 saturated heterocycles. The number of fused-ring (bicyclic) bond motifs is 1. The van der Waals surface area contributed by atoms with E-state index in [1.807, 2.05) is 41.3 Å². The average Bonchev–Trinajstić information content (AvgIpc) is 3.31. The highest BCUT2D eigenvalue weighted by Gasteiger charge is 2.23. The summed E-state index contributed by atoms with van der Waals surface area (Å²) in [5.41, 5.74) is 1.65. The van der Waals surface area contributed by atoms with Gasteiger partial charge in [0, 0.05) is 37.4 Å². The van der Waals surface area contributed by atoms with E-state index in [1.165, 1.54) is 0 Å². The molecule has 0 radical (unpaired) electrons. The van der Waals surface area contributed by atoms with Gasteiger partial charge in [-0.1, -0.05) is 13.8 Å². The fourth-order valence-electron chi connectivity index (χ4n) is 3.46. The molecule has 1 aliphatic heterocycles. The van der Waals surface area contributed by atoms with Crippen LogP contribution >= 0.6 is 0 Å². The van der Waals surface area contributed by atoms with Crippen molar-refractivity contribution in [1.29, 1.82) is 0 Å². The van der Waals surface area contributed by atoms with Gasteiger partial charge >= 0.3 is 0 Å². The molecule has 4 rings (SSSR count). The van der Waals surface area contributed by atoms with E-state index < -0.39 is 6.10 Å². The lowest BCUT2D eigenvalue weighted by Gasteiger charge is -2.18. The first-order valence-corrected chi connectivity index (χ1v) is 9.64. The van der Waals surface area contributed by atoms with Crippen LogP contribution in [0.15, 0.2) is 18.3 Å². The standard InChI is InChI=1S/C19H26N6O2/c1-4-25-18(20-17(23-25)13-7-9-27-10-8-13)14-5-6-15-21-22-19(24(15)11-14)16(26)12(2)3/h5-6,11-13,16,26H,4,7-10H2,1-3H3. The van der Waals surface area contributed by atoms with Crippen LogP contribution in [0.4, 0.5) is 0 Å². The summed E-state index contributed by atoms with van der Waals surface area (Å²) in [6.07, 6.45) is 3.20. The van der Waals surface area contributed by atoms with Crippen LogP contribution in [-0.2, 0) is 11.3 Å². The van der Waals surface area contributed by atoms with Crippen LogP contribution in [0.1, 0.15) is 57.3 Å². The van der Waals surface area contributed by atoms with E-state index in [1.54, 1.807) is 0 Å². The summed E-state index contributed by atoms with van der Waals surface area (Å²) in [4.78, 5) is 4.86. The number of aryl methyl sites for hydroxylation is 1. The second-order valence-corrected chi connectivity index (χ2v) is 7.39. The van der Waals surface area contributed by atoms with Gasteiger partial charge in [0.25, 0.3) is 0 Å². The maximum absolute atomic E-state index is 10.5. The van der Waals surface area contributed by atoms with E-state index in [2.05, 4.69) is 17.1 Å². The minimum absolute atomic E-state index is 0.0560. The van der Waals surface area contributed by atoms with E-state index in [0.29, 0.717) is 17.4 Å². The molecule has 1 unspecified atom stereocenters. The number of rotatable bonds is 5. The molecule has 0 aliphatic carbocycles. The first kappa shape index (κ1) is 18.1. The zero-order valence-electron chi connectivity index (χ0n) is 16.0. The largest absolute Gasteiger partial charge is 0.385 e. The monoisotopic (exact) mass is 370 g/mol. The van der Waals surface area contributed by atoms with E-state index in [-0.39, 0.29) is 5.92 Å². The van der Waals surface area contributed by atoms with Gasteiger partial charge in [-0.25, -0.2) is 9.67 Å². The lowest BCUT2D eigenvalue weighted by atomic mass is 10.00. The van der Waals surface area contributed by atoms with E-state index in [9.17, 15) is 5.11 Å². The number of aliphatic hydroxyl groups excluding tert-OH is 1. The Morgan fingerprint density at radius 3 is 2.70 bits per heavy atom. The molecule has 1 atom stereocenters. The highest BCUT2D eigenvalue weighted by Crippen LogP contribution is 2.28. The van der Waals surface area contributed by atoms with Gasteiger partial charge in [0.15, 0.2) is 23.1 Å². The van der Waals surface area contributed by atoms with Crippen LogP contribution < -0.4 is 0 Å². The zero-order chi connectivity index (χ0) is 19.0. The van der Waals surface area contributed by atoms with Crippen LogP contribution in [0.5, 0.6) is 0 Å². The Morgan fingerprint density at radius 2 is 2.00 bits per heavy atom. The van der Waals surface area contributed by atoms with Crippen LogP contribution in [0, 0.1) is 5.92 Å². The van der Waals surface area contributed by atoms with Gasteiger partial charge in [0.05, 0.1) is 0 Å². The maximum Gasteiger partial charge on any atom is 0.166 e. The zero-order valence-corrected chi connectivity index (χ0v) is 16.0. The Labute approximate surface area is 158 Å². The number of ether oxygens (including phenoxy) is 1.